The van der Waals surface area contributed by atoms with Crippen molar-refractivity contribution in [2.75, 3.05) is 37.7 Å². The van der Waals surface area contributed by atoms with Crippen LogP contribution in [0.5, 0.6) is 0 Å². The van der Waals surface area contributed by atoms with Crippen LogP contribution in [0.2, 0.25) is 0 Å². The first-order valence-electron chi connectivity index (χ1n) is 8.89. The van der Waals surface area contributed by atoms with Gasteiger partial charge in [0.1, 0.15) is 11.5 Å². The quantitative estimate of drug-likeness (QED) is 0.849. The number of hydrogen-bond acceptors (Lipinski definition) is 7. The maximum atomic E-state index is 12.4. The first kappa shape index (κ1) is 18.7. The topological polar surface area (TPSA) is 101 Å². The van der Waals surface area contributed by atoms with Gasteiger partial charge < -0.3 is 24.3 Å². The minimum Gasteiger partial charge on any atom is -0.467 e. The lowest BCUT2D eigenvalue weighted by Gasteiger charge is -2.34. The molecular weight excluding hydrogens is 350 g/mol. The number of hydrogen-bond donors (Lipinski definition) is 1. The molecule has 1 fully saturated rings. The summed E-state index contributed by atoms with van der Waals surface area (Å²) in [7, 11) is 0. The standard InChI is InChI=1S/C18H23N5O4/c1-3-26-18(25)23-8-6-22(7-9-23)17-20-13(2)11-15(21-17)16(24)19-12-14-5-4-10-27-14/h4-5,10-11H,3,6-9,12H2,1-2H3,(H,19,24). The molecule has 0 radical (unpaired) electrons. The average molecular weight is 373 g/mol. The maximum Gasteiger partial charge on any atom is 0.409 e. The van der Waals surface area contributed by atoms with Gasteiger partial charge in [0.05, 0.1) is 19.4 Å². The molecule has 9 heteroatoms. The van der Waals surface area contributed by atoms with Crippen molar-refractivity contribution >= 4 is 17.9 Å². The lowest BCUT2D eigenvalue weighted by atomic mass is 10.3. The molecule has 27 heavy (non-hydrogen) atoms. The Bertz CT molecular complexity index is 785. The summed E-state index contributed by atoms with van der Waals surface area (Å²) in [5.74, 6) is 0.870. The molecule has 3 heterocycles. The van der Waals surface area contributed by atoms with Crippen LogP contribution in [0.3, 0.4) is 0 Å². The smallest absolute Gasteiger partial charge is 0.409 e. The third-order valence-corrected chi connectivity index (χ3v) is 4.17. The number of nitrogens with zero attached hydrogens (tertiary/aromatic N) is 4. The SMILES string of the molecule is CCOC(=O)N1CCN(c2nc(C)cc(C(=O)NCc3ccco3)n2)CC1. The van der Waals surface area contributed by atoms with E-state index in [0.717, 1.165) is 0 Å². The number of amides is 2. The van der Waals surface area contributed by atoms with E-state index in [2.05, 4.69) is 15.3 Å². The summed E-state index contributed by atoms with van der Waals surface area (Å²) in [6, 6.07) is 5.21. The van der Waals surface area contributed by atoms with Crippen molar-refractivity contribution in [3.8, 4) is 0 Å². The molecule has 0 unspecified atom stereocenters. The summed E-state index contributed by atoms with van der Waals surface area (Å²) in [6.45, 7) is 6.47. The molecule has 1 N–H and O–H groups in total. The highest BCUT2D eigenvalue weighted by atomic mass is 16.6. The number of aryl methyl sites for hydroxylation is 1. The molecule has 1 aliphatic heterocycles. The van der Waals surface area contributed by atoms with E-state index in [-0.39, 0.29) is 12.0 Å². The Balaban J connectivity index is 1.63. The van der Waals surface area contributed by atoms with Crippen molar-refractivity contribution in [2.24, 2.45) is 0 Å². The Hall–Kier alpha value is -3.10. The predicted octanol–water partition coefficient (Wildman–Crippen LogP) is 1.59. The number of anilines is 1. The van der Waals surface area contributed by atoms with Crippen LogP contribution >= 0.6 is 0 Å². The summed E-state index contributed by atoms with van der Waals surface area (Å²) >= 11 is 0. The zero-order valence-corrected chi connectivity index (χ0v) is 15.5. The Morgan fingerprint density at radius 3 is 2.70 bits per heavy atom. The van der Waals surface area contributed by atoms with E-state index in [9.17, 15) is 9.59 Å². The van der Waals surface area contributed by atoms with E-state index >= 15 is 0 Å². The highest BCUT2D eigenvalue weighted by molar-refractivity contribution is 5.92. The predicted molar refractivity (Wildman–Crippen MR) is 97.5 cm³/mol. The van der Waals surface area contributed by atoms with E-state index in [4.69, 9.17) is 9.15 Å². The van der Waals surface area contributed by atoms with Gasteiger partial charge in [0.15, 0.2) is 0 Å². The van der Waals surface area contributed by atoms with E-state index in [0.29, 0.717) is 62.4 Å². The number of ether oxygens (including phenoxy) is 1. The molecule has 1 saturated heterocycles. The lowest BCUT2D eigenvalue weighted by Crippen LogP contribution is -2.49. The van der Waals surface area contributed by atoms with Gasteiger partial charge in [-0.2, -0.15) is 0 Å². The number of aromatic nitrogens is 2. The van der Waals surface area contributed by atoms with Crippen LogP contribution in [-0.4, -0.2) is 59.7 Å². The normalized spacial score (nSPS) is 14.1. The Morgan fingerprint density at radius 1 is 1.26 bits per heavy atom. The number of carbonyl (C=O) groups is 2. The first-order valence-corrected chi connectivity index (χ1v) is 8.89. The monoisotopic (exact) mass is 373 g/mol. The molecular formula is C18H23N5O4. The van der Waals surface area contributed by atoms with Gasteiger partial charge in [0, 0.05) is 31.9 Å². The van der Waals surface area contributed by atoms with Crippen LogP contribution in [0.15, 0.2) is 28.9 Å². The highest BCUT2D eigenvalue weighted by Gasteiger charge is 2.24. The van der Waals surface area contributed by atoms with Gasteiger partial charge in [-0.15, -0.1) is 0 Å². The summed E-state index contributed by atoms with van der Waals surface area (Å²) in [5.41, 5.74) is 1.01. The molecule has 0 aliphatic carbocycles. The Labute approximate surface area is 157 Å². The summed E-state index contributed by atoms with van der Waals surface area (Å²) in [6.07, 6.45) is 1.25. The summed E-state index contributed by atoms with van der Waals surface area (Å²) in [5, 5.41) is 2.78. The molecule has 0 atom stereocenters. The molecule has 0 aromatic carbocycles. The molecule has 0 saturated carbocycles. The van der Waals surface area contributed by atoms with Crippen molar-refractivity contribution in [1.29, 1.82) is 0 Å². The summed E-state index contributed by atoms with van der Waals surface area (Å²) < 4.78 is 10.2. The fraction of sp³-hybridized carbons (Fsp3) is 0.444. The molecule has 1 aliphatic rings. The number of piperazine rings is 1. The molecule has 144 valence electrons. The third-order valence-electron chi connectivity index (χ3n) is 4.17. The van der Waals surface area contributed by atoms with Crippen molar-refractivity contribution in [1.82, 2.24) is 20.2 Å². The van der Waals surface area contributed by atoms with Crippen LogP contribution in [0.1, 0.15) is 28.9 Å². The maximum absolute atomic E-state index is 12.4. The van der Waals surface area contributed by atoms with E-state index < -0.39 is 0 Å². The van der Waals surface area contributed by atoms with Gasteiger partial charge >= 0.3 is 6.09 Å². The van der Waals surface area contributed by atoms with Gasteiger partial charge in [-0.05, 0) is 32.0 Å². The number of furan rings is 1. The van der Waals surface area contributed by atoms with Crippen LogP contribution in [0.25, 0.3) is 0 Å². The zero-order chi connectivity index (χ0) is 19.2. The first-order chi connectivity index (χ1) is 13.1. The molecule has 0 bridgehead atoms. The van der Waals surface area contributed by atoms with Crippen LogP contribution in [0, 0.1) is 6.92 Å². The Kier molecular flexibility index (Phi) is 5.90. The molecule has 9 nitrogen and oxygen atoms in total. The lowest BCUT2D eigenvalue weighted by molar-refractivity contribution is 0.0942. The Morgan fingerprint density at radius 2 is 2.04 bits per heavy atom. The van der Waals surface area contributed by atoms with E-state index in [1.165, 1.54) is 0 Å². The van der Waals surface area contributed by atoms with E-state index in [1.807, 2.05) is 11.8 Å². The minimum absolute atomic E-state index is 0.289. The fourth-order valence-corrected chi connectivity index (χ4v) is 2.79. The molecule has 2 aromatic rings. The van der Waals surface area contributed by atoms with Crippen LogP contribution in [0.4, 0.5) is 10.7 Å². The van der Waals surface area contributed by atoms with Gasteiger partial charge in [-0.25, -0.2) is 14.8 Å². The molecule has 3 rings (SSSR count). The van der Waals surface area contributed by atoms with Gasteiger partial charge in [-0.1, -0.05) is 0 Å². The second-order valence-electron chi connectivity index (χ2n) is 6.13. The van der Waals surface area contributed by atoms with E-state index in [1.54, 1.807) is 36.3 Å². The third kappa shape index (κ3) is 4.75. The van der Waals surface area contributed by atoms with Crippen LogP contribution in [-0.2, 0) is 11.3 Å². The number of nitrogens with one attached hydrogen (secondary N) is 1. The second-order valence-corrected chi connectivity index (χ2v) is 6.13. The molecule has 2 aromatic heterocycles. The van der Waals surface area contributed by atoms with Gasteiger partial charge in [-0.3, -0.25) is 4.79 Å². The second kappa shape index (κ2) is 8.52. The highest BCUT2D eigenvalue weighted by Crippen LogP contribution is 2.14. The van der Waals surface area contributed by atoms with Crippen LogP contribution < -0.4 is 10.2 Å². The molecule has 0 spiro atoms. The van der Waals surface area contributed by atoms with Crippen molar-refractivity contribution in [3.63, 3.8) is 0 Å². The van der Waals surface area contributed by atoms with Crippen molar-refractivity contribution < 1.29 is 18.7 Å². The summed E-state index contributed by atoms with van der Waals surface area (Å²) in [4.78, 5) is 36.7. The van der Waals surface area contributed by atoms with Gasteiger partial charge in [0.25, 0.3) is 5.91 Å². The number of rotatable bonds is 5. The largest absolute Gasteiger partial charge is 0.467 e. The fourth-order valence-electron chi connectivity index (χ4n) is 2.79. The zero-order valence-electron chi connectivity index (χ0n) is 15.5. The number of carbonyl (C=O) groups excluding carboxylic acids is 2. The van der Waals surface area contributed by atoms with Gasteiger partial charge in [0.2, 0.25) is 5.95 Å². The average Bonchev–Trinajstić information content (AvgIpc) is 3.19. The minimum atomic E-state index is -0.305. The van der Waals surface area contributed by atoms with Crippen molar-refractivity contribution in [3.05, 3.63) is 41.6 Å². The van der Waals surface area contributed by atoms with Crippen molar-refractivity contribution in [2.45, 2.75) is 20.4 Å². The molecule has 2 amide bonds.